The zero-order valence-electron chi connectivity index (χ0n) is 16.3. The summed E-state index contributed by atoms with van der Waals surface area (Å²) in [5, 5.41) is 4.47. The van der Waals surface area contributed by atoms with Crippen molar-refractivity contribution in [2.24, 2.45) is 7.05 Å². The molecule has 0 aliphatic rings. The highest BCUT2D eigenvalue weighted by Crippen LogP contribution is 2.28. The molecule has 0 unspecified atom stereocenters. The van der Waals surface area contributed by atoms with E-state index in [1.807, 2.05) is 12.1 Å². The summed E-state index contributed by atoms with van der Waals surface area (Å²) in [5.41, 5.74) is 0.714. The van der Waals surface area contributed by atoms with Crippen LogP contribution in [-0.2, 0) is 11.8 Å². The molecule has 7 heteroatoms. The van der Waals surface area contributed by atoms with E-state index in [0.717, 1.165) is 35.4 Å². The van der Waals surface area contributed by atoms with Gasteiger partial charge in [-0.15, -0.1) is 11.8 Å². The average Bonchev–Trinajstić information content (AvgIpc) is 2.66. The molecular formula is C20H28ClN3O2S. The van der Waals surface area contributed by atoms with Gasteiger partial charge in [-0.3, -0.25) is 9.59 Å². The number of hydrogen-bond acceptors (Lipinski definition) is 4. The molecule has 1 amide bonds. The number of pyridine rings is 1. The molecule has 0 aliphatic carbocycles. The molecule has 0 bridgehead atoms. The number of aryl methyl sites for hydroxylation is 1. The first kappa shape index (κ1) is 21.8. The van der Waals surface area contributed by atoms with Crippen LogP contribution in [0.3, 0.4) is 0 Å². The van der Waals surface area contributed by atoms with Crippen LogP contribution in [0.15, 0.2) is 34.0 Å². The van der Waals surface area contributed by atoms with E-state index < -0.39 is 0 Å². The number of aromatic nitrogens is 1. The number of halogens is 1. The number of thioether (sulfide) groups is 1. The second-order valence-electron chi connectivity index (χ2n) is 6.49. The van der Waals surface area contributed by atoms with E-state index in [9.17, 15) is 9.59 Å². The van der Waals surface area contributed by atoms with E-state index in [2.05, 4.69) is 24.1 Å². The van der Waals surface area contributed by atoms with E-state index in [-0.39, 0.29) is 17.2 Å². The van der Waals surface area contributed by atoms with Crippen molar-refractivity contribution in [3.63, 3.8) is 0 Å². The van der Waals surface area contributed by atoms with Crippen molar-refractivity contribution >= 4 is 40.2 Å². The summed E-state index contributed by atoms with van der Waals surface area (Å²) in [4.78, 5) is 27.5. The van der Waals surface area contributed by atoms with Crippen LogP contribution in [0.4, 0.5) is 0 Å². The van der Waals surface area contributed by atoms with Crippen LogP contribution in [0.25, 0.3) is 10.9 Å². The number of amides is 1. The summed E-state index contributed by atoms with van der Waals surface area (Å²) in [6.07, 6.45) is 2.35. The number of carbonyl (C=O) groups excluding carboxylic acids is 1. The van der Waals surface area contributed by atoms with Gasteiger partial charge in [-0.1, -0.05) is 31.9 Å². The number of hydrogen-bond donors (Lipinski definition) is 1. The van der Waals surface area contributed by atoms with Gasteiger partial charge >= 0.3 is 0 Å². The molecule has 2 aromatic rings. The molecule has 0 spiro atoms. The normalized spacial score (nSPS) is 11.3. The molecular weight excluding hydrogens is 382 g/mol. The number of nitrogens with one attached hydrogen (secondary N) is 1. The van der Waals surface area contributed by atoms with E-state index in [4.69, 9.17) is 11.6 Å². The predicted octanol–water partition coefficient (Wildman–Crippen LogP) is 3.52. The molecule has 1 aromatic carbocycles. The van der Waals surface area contributed by atoms with E-state index in [0.29, 0.717) is 11.6 Å². The summed E-state index contributed by atoms with van der Waals surface area (Å²) in [6.45, 7) is 7.87. The molecule has 1 N–H and O–H groups in total. The highest BCUT2D eigenvalue weighted by atomic mass is 35.5. The maximum atomic E-state index is 12.2. The van der Waals surface area contributed by atoms with Gasteiger partial charge in [0.25, 0.3) is 5.56 Å². The van der Waals surface area contributed by atoms with E-state index in [1.165, 1.54) is 24.6 Å². The average molecular weight is 410 g/mol. The Bertz CT molecular complexity index is 838. The number of nitrogens with zero attached hydrogens (tertiary/aromatic N) is 2. The van der Waals surface area contributed by atoms with Crippen LogP contribution < -0.4 is 10.9 Å². The predicted molar refractivity (Wildman–Crippen MR) is 115 cm³/mol. The Hall–Kier alpha value is -1.50. The van der Waals surface area contributed by atoms with Crippen LogP contribution in [0.2, 0.25) is 5.02 Å². The van der Waals surface area contributed by atoms with Crippen molar-refractivity contribution < 1.29 is 4.79 Å². The lowest BCUT2D eigenvalue weighted by atomic mass is 10.2. The Morgan fingerprint density at radius 2 is 2.04 bits per heavy atom. The third-order valence-corrected chi connectivity index (χ3v) is 5.85. The number of fused-ring (bicyclic) bond motifs is 1. The lowest BCUT2D eigenvalue weighted by Gasteiger charge is -2.20. The Labute approximate surface area is 170 Å². The van der Waals surface area contributed by atoms with Gasteiger partial charge in [0.05, 0.1) is 11.3 Å². The summed E-state index contributed by atoms with van der Waals surface area (Å²) in [5.74, 6) is 0.248. The van der Waals surface area contributed by atoms with Gasteiger partial charge in [0.2, 0.25) is 5.91 Å². The number of rotatable bonds is 10. The third kappa shape index (κ3) is 6.26. The van der Waals surface area contributed by atoms with E-state index >= 15 is 0 Å². The first-order valence-corrected chi connectivity index (χ1v) is 10.7. The lowest BCUT2D eigenvalue weighted by molar-refractivity contribution is -0.118. The molecule has 0 radical (unpaired) electrons. The number of unbranched alkanes of at least 4 members (excludes halogenated alkanes) is 1. The standard InChI is InChI=1S/C20H28ClN3O2S/c1-4-6-10-24(5-2)11-9-22-19(25)14-27-18-13-20(26)23(3)17-8-7-15(21)12-16(17)18/h7-8,12-13H,4-6,9-11,14H2,1-3H3,(H,22,25). The topological polar surface area (TPSA) is 54.3 Å². The fraction of sp³-hybridized carbons (Fsp3) is 0.500. The third-order valence-electron chi connectivity index (χ3n) is 4.55. The summed E-state index contributed by atoms with van der Waals surface area (Å²) in [7, 11) is 1.73. The van der Waals surface area contributed by atoms with Crippen LogP contribution in [0.1, 0.15) is 26.7 Å². The SMILES string of the molecule is CCCCN(CC)CCNC(=O)CSc1cc(=O)n(C)c2ccc(Cl)cc12. The first-order valence-electron chi connectivity index (χ1n) is 9.37. The van der Waals surface area contributed by atoms with Gasteiger partial charge in [0.15, 0.2) is 0 Å². The second-order valence-corrected chi connectivity index (χ2v) is 7.95. The molecule has 0 saturated heterocycles. The fourth-order valence-corrected chi connectivity index (χ4v) is 3.94. The molecule has 0 atom stereocenters. The van der Waals surface area contributed by atoms with Crippen LogP contribution in [0.5, 0.6) is 0 Å². The molecule has 2 rings (SSSR count). The number of likely N-dealkylation sites (N-methyl/N-ethyl adjacent to an activating group) is 1. The van der Waals surface area contributed by atoms with Crippen molar-refractivity contribution in [2.45, 2.75) is 31.6 Å². The monoisotopic (exact) mass is 409 g/mol. The van der Waals surface area contributed by atoms with Crippen LogP contribution in [-0.4, -0.2) is 47.3 Å². The smallest absolute Gasteiger partial charge is 0.251 e. The first-order chi connectivity index (χ1) is 13.0. The minimum Gasteiger partial charge on any atom is -0.354 e. The van der Waals surface area contributed by atoms with Crippen LogP contribution in [0, 0.1) is 0 Å². The van der Waals surface area contributed by atoms with Gasteiger partial charge in [0, 0.05) is 41.5 Å². The zero-order chi connectivity index (χ0) is 19.8. The maximum Gasteiger partial charge on any atom is 0.251 e. The highest BCUT2D eigenvalue weighted by Gasteiger charge is 2.10. The number of carbonyl (C=O) groups is 1. The van der Waals surface area contributed by atoms with Gasteiger partial charge in [-0.2, -0.15) is 0 Å². The Kier molecular flexibility index (Phi) is 8.67. The summed E-state index contributed by atoms with van der Waals surface area (Å²) < 4.78 is 1.59. The van der Waals surface area contributed by atoms with Crippen molar-refractivity contribution in [2.75, 3.05) is 31.9 Å². The van der Waals surface area contributed by atoms with Crippen molar-refractivity contribution in [3.05, 3.63) is 39.6 Å². The number of benzene rings is 1. The molecule has 0 saturated carbocycles. The molecule has 1 heterocycles. The summed E-state index contributed by atoms with van der Waals surface area (Å²) in [6, 6.07) is 7.00. The minimum atomic E-state index is -0.0951. The molecule has 148 valence electrons. The Morgan fingerprint density at radius 1 is 1.26 bits per heavy atom. The van der Waals surface area contributed by atoms with Crippen molar-refractivity contribution in [1.82, 2.24) is 14.8 Å². The van der Waals surface area contributed by atoms with Crippen molar-refractivity contribution in [1.29, 1.82) is 0 Å². The summed E-state index contributed by atoms with van der Waals surface area (Å²) >= 11 is 7.48. The minimum absolute atomic E-state index is 0.0256. The van der Waals surface area contributed by atoms with Crippen molar-refractivity contribution in [3.8, 4) is 0 Å². The van der Waals surface area contributed by atoms with Gasteiger partial charge in [0.1, 0.15) is 0 Å². The quantitative estimate of drug-likeness (QED) is 0.610. The molecule has 1 aromatic heterocycles. The highest BCUT2D eigenvalue weighted by molar-refractivity contribution is 8.00. The molecule has 27 heavy (non-hydrogen) atoms. The van der Waals surface area contributed by atoms with Gasteiger partial charge < -0.3 is 14.8 Å². The maximum absolute atomic E-state index is 12.2. The largest absolute Gasteiger partial charge is 0.354 e. The van der Waals surface area contributed by atoms with Crippen LogP contribution >= 0.6 is 23.4 Å². The molecule has 0 fully saturated rings. The molecule has 0 aliphatic heterocycles. The zero-order valence-corrected chi connectivity index (χ0v) is 17.8. The van der Waals surface area contributed by atoms with Gasteiger partial charge in [-0.25, -0.2) is 0 Å². The Balaban J connectivity index is 1.94. The lowest BCUT2D eigenvalue weighted by Crippen LogP contribution is -2.36. The van der Waals surface area contributed by atoms with E-state index in [1.54, 1.807) is 23.7 Å². The van der Waals surface area contributed by atoms with Gasteiger partial charge in [-0.05, 0) is 37.7 Å². The molecule has 5 nitrogen and oxygen atoms in total. The fourth-order valence-electron chi connectivity index (χ4n) is 2.88. The second kappa shape index (κ2) is 10.7. The Morgan fingerprint density at radius 3 is 2.74 bits per heavy atom.